The second-order valence-corrected chi connectivity index (χ2v) is 11.2. The second-order valence-electron chi connectivity index (χ2n) is 10.3. The average molecular weight is 572 g/mol. The van der Waals surface area contributed by atoms with E-state index in [1.807, 2.05) is 42.6 Å². The monoisotopic (exact) mass is 571 g/mol. The number of Topliss-reactive ketones (excluding diaryl/α,β-unsaturated/α-hetero) is 1. The van der Waals surface area contributed by atoms with E-state index in [4.69, 9.17) is 13.7 Å². The normalized spacial score (nSPS) is 14.6. The smallest absolute Gasteiger partial charge is 0.167 e. The van der Waals surface area contributed by atoms with Crippen LogP contribution in [0.5, 0.6) is 0 Å². The van der Waals surface area contributed by atoms with Gasteiger partial charge in [0.1, 0.15) is 16.9 Å². The number of aryl methyl sites for hydroxylation is 1. The summed E-state index contributed by atoms with van der Waals surface area (Å²) < 4.78 is 16.6. The molecule has 4 aromatic rings. The lowest BCUT2D eigenvalue weighted by molar-refractivity contribution is 0.0993. The van der Waals surface area contributed by atoms with Crippen LogP contribution in [0, 0.1) is 6.92 Å². The number of rotatable bonds is 8. The van der Waals surface area contributed by atoms with Crippen molar-refractivity contribution in [2.24, 2.45) is 0 Å². The summed E-state index contributed by atoms with van der Waals surface area (Å²) in [5.41, 5.74) is 7.16. The zero-order valence-corrected chi connectivity index (χ0v) is 24.7. The molecule has 1 unspecified atom stereocenters. The van der Waals surface area contributed by atoms with E-state index in [0.29, 0.717) is 12.8 Å². The summed E-state index contributed by atoms with van der Waals surface area (Å²) in [5, 5.41) is 0. The number of aromatic nitrogens is 3. The van der Waals surface area contributed by atoms with Crippen LogP contribution < -0.4 is 0 Å². The Kier molecular flexibility index (Phi) is 11.0. The van der Waals surface area contributed by atoms with Crippen molar-refractivity contribution in [2.45, 2.75) is 26.3 Å². The molecule has 0 radical (unpaired) electrons. The number of pyridine rings is 1. The van der Waals surface area contributed by atoms with Gasteiger partial charge in [-0.3, -0.25) is 14.7 Å². The van der Waals surface area contributed by atoms with Gasteiger partial charge in [-0.15, -0.1) is 0 Å². The minimum absolute atomic E-state index is 0.135. The molecule has 2 aromatic heterocycles. The molecule has 8 nitrogen and oxygen atoms in total. The first-order valence-corrected chi connectivity index (χ1v) is 15.1. The minimum atomic E-state index is -1.61. The van der Waals surface area contributed by atoms with E-state index in [-0.39, 0.29) is 5.78 Å². The molecule has 2 aromatic carbocycles. The van der Waals surface area contributed by atoms with Crippen molar-refractivity contribution in [1.29, 1.82) is 0 Å². The summed E-state index contributed by atoms with van der Waals surface area (Å²) in [4.78, 5) is 31.3. The minimum Gasteiger partial charge on any atom is -0.306 e. The van der Waals surface area contributed by atoms with Gasteiger partial charge in [-0.25, -0.2) is 14.2 Å². The Labute approximate surface area is 244 Å². The molecule has 3 heterocycles. The standard InChI is InChI=1S/C31H33N5O.CH4O2S/c1-23-5-6-25(18-28(23)20-31-33-13-11-29(34-31)27-4-3-12-32-21-27)19-30(37)26-9-7-24(8-10-26)22-36-16-14-35(2)15-17-36;1-4(2)3/h3-13,18,21H,14-17,19-20,22H2,1-2H3;1H3,(H,2,3). The number of nitrogens with zero attached hydrogens (tertiary/aromatic N) is 5. The number of hydrogen-bond acceptors (Lipinski definition) is 7. The fourth-order valence-electron chi connectivity index (χ4n) is 4.70. The first kappa shape index (κ1) is 30.3. The molecular formula is C32H37N5O3S. The van der Waals surface area contributed by atoms with Gasteiger partial charge in [0, 0.05) is 81.5 Å². The Balaban J connectivity index is 0.000000909. The number of carbonyl (C=O) groups excluding carboxylic acids is 1. The third kappa shape index (κ3) is 9.47. The van der Waals surface area contributed by atoms with E-state index < -0.39 is 11.1 Å². The lowest BCUT2D eigenvalue weighted by Gasteiger charge is -2.32. The second kappa shape index (κ2) is 14.8. The highest BCUT2D eigenvalue weighted by Crippen LogP contribution is 2.19. The predicted octanol–water partition coefficient (Wildman–Crippen LogP) is 4.45. The van der Waals surface area contributed by atoms with Crippen molar-refractivity contribution < 1.29 is 13.6 Å². The van der Waals surface area contributed by atoms with Gasteiger partial charge in [-0.1, -0.05) is 42.5 Å². The highest BCUT2D eigenvalue weighted by atomic mass is 32.2. The van der Waals surface area contributed by atoms with Crippen LogP contribution in [0.15, 0.2) is 79.3 Å². The van der Waals surface area contributed by atoms with Crippen molar-refractivity contribution in [3.05, 3.63) is 113 Å². The van der Waals surface area contributed by atoms with Crippen molar-refractivity contribution in [1.82, 2.24) is 24.8 Å². The molecule has 1 saturated heterocycles. The van der Waals surface area contributed by atoms with E-state index in [1.54, 1.807) is 12.4 Å². The summed E-state index contributed by atoms with van der Waals surface area (Å²) >= 11 is -1.61. The molecule has 0 bridgehead atoms. The van der Waals surface area contributed by atoms with Crippen LogP contribution in [-0.4, -0.2) is 78.8 Å². The zero-order chi connectivity index (χ0) is 29.2. The summed E-state index contributed by atoms with van der Waals surface area (Å²) in [6.45, 7) is 7.42. The molecule has 214 valence electrons. The fourth-order valence-corrected chi connectivity index (χ4v) is 4.70. The summed E-state index contributed by atoms with van der Waals surface area (Å²) in [6, 6.07) is 20.2. The van der Waals surface area contributed by atoms with Crippen LogP contribution in [-0.2, 0) is 30.5 Å². The summed E-state index contributed by atoms with van der Waals surface area (Å²) in [6.07, 6.45) is 7.54. The van der Waals surface area contributed by atoms with E-state index >= 15 is 0 Å². The van der Waals surface area contributed by atoms with Gasteiger partial charge in [-0.05, 0) is 54.4 Å². The highest BCUT2D eigenvalue weighted by molar-refractivity contribution is 7.78. The molecule has 1 aliphatic rings. The molecule has 9 heteroatoms. The molecule has 1 fully saturated rings. The van der Waals surface area contributed by atoms with Gasteiger partial charge in [-0.2, -0.15) is 0 Å². The van der Waals surface area contributed by atoms with Crippen molar-refractivity contribution in [3.63, 3.8) is 0 Å². The Bertz CT molecular complexity index is 1450. The molecule has 0 saturated carbocycles. The number of carbonyl (C=O) groups is 1. The third-order valence-corrected chi connectivity index (χ3v) is 7.07. The van der Waals surface area contributed by atoms with Gasteiger partial charge < -0.3 is 9.45 Å². The first-order valence-electron chi connectivity index (χ1n) is 13.6. The van der Waals surface area contributed by atoms with Gasteiger partial charge in [0.15, 0.2) is 5.78 Å². The summed E-state index contributed by atoms with van der Waals surface area (Å²) in [7, 11) is 2.17. The Morgan fingerprint density at radius 1 is 0.976 bits per heavy atom. The topological polar surface area (TPSA) is 99.5 Å². The van der Waals surface area contributed by atoms with E-state index in [2.05, 4.69) is 58.0 Å². The van der Waals surface area contributed by atoms with Gasteiger partial charge >= 0.3 is 0 Å². The van der Waals surface area contributed by atoms with Crippen LogP contribution in [0.25, 0.3) is 11.3 Å². The molecular weight excluding hydrogens is 534 g/mol. The third-order valence-electron chi connectivity index (χ3n) is 7.07. The highest BCUT2D eigenvalue weighted by Gasteiger charge is 2.15. The molecule has 1 N–H and O–H groups in total. The molecule has 0 spiro atoms. The number of piperazine rings is 1. The first-order chi connectivity index (χ1) is 19.8. The van der Waals surface area contributed by atoms with Crippen molar-refractivity contribution in [2.75, 3.05) is 39.5 Å². The largest absolute Gasteiger partial charge is 0.306 e. The van der Waals surface area contributed by atoms with E-state index in [0.717, 1.165) is 66.5 Å². The zero-order valence-electron chi connectivity index (χ0n) is 23.9. The Morgan fingerprint density at radius 2 is 1.68 bits per heavy atom. The van der Waals surface area contributed by atoms with Crippen LogP contribution in [0.4, 0.5) is 0 Å². The van der Waals surface area contributed by atoms with E-state index in [9.17, 15) is 4.79 Å². The number of benzene rings is 2. The van der Waals surface area contributed by atoms with E-state index in [1.165, 1.54) is 17.4 Å². The maximum Gasteiger partial charge on any atom is 0.167 e. The maximum absolute atomic E-state index is 13.1. The van der Waals surface area contributed by atoms with Gasteiger partial charge in [0.2, 0.25) is 0 Å². The lowest BCUT2D eigenvalue weighted by Crippen LogP contribution is -2.43. The van der Waals surface area contributed by atoms with Crippen LogP contribution in [0.3, 0.4) is 0 Å². The molecule has 0 aliphatic carbocycles. The molecule has 1 atom stereocenters. The van der Waals surface area contributed by atoms with Crippen LogP contribution >= 0.6 is 0 Å². The van der Waals surface area contributed by atoms with Gasteiger partial charge in [0.05, 0.1) is 5.69 Å². The van der Waals surface area contributed by atoms with Gasteiger partial charge in [0.25, 0.3) is 0 Å². The van der Waals surface area contributed by atoms with Crippen molar-refractivity contribution >= 4 is 16.9 Å². The Morgan fingerprint density at radius 3 is 2.37 bits per heavy atom. The van der Waals surface area contributed by atoms with Crippen LogP contribution in [0.2, 0.25) is 0 Å². The lowest BCUT2D eigenvalue weighted by atomic mass is 9.97. The average Bonchev–Trinajstić information content (AvgIpc) is 2.97. The number of hydrogen-bond donors (Lipinski definition) is 1. The fraction of sp³-hybridized carbons (Fsp3) is 0.312. The summed E-state index contributed by atoms with van der Waals surface area (Å²) in [5.74, 6) is 0.889. The molecule has 5 rings (SSSR count). The molecule has 41 heavy (non-hydrogen) atoms. The molecule has 1 aliphatic heterocycles. The predicted molar refractivity (Wildman–Crippen MR) is 163 cm³/mol. The quantitative estimate of drug-likeness (QED) is 0.245. The van der Waals surface area contributed by atoms with Crippen molar-refractivity contribution in [3.8, 4) is 11.3 Å². The SMILES string of the molecule is CS(=O)O.Cc1ccc(CC(=O)c2ccc(CN3CCN(C)CC3)cc2)cc1Cc1nccc(-c2cccnc2)n1. The molecule has 0 amide bonds. The number of ketones is 1. The maximum atomic E-state index is 13.1. The number of likely N-dealkylation sites (N-methyl/N-ethyl adjacent to an activating group) is 1. The van der Waals surface area contributed by atoms with Crippen LogP contribution in [0.1, 0.15) is 38.4 Å². The Hall–Kier alpha value is -3.63.